The molecule has 0 spiro atoms. The molecule has 0 aromatic heterocycles. The Balaban J connectivity index is 0. The summed E-state index contributed by atoms with van der Waals surface area (Å²) in [7, 11) is 0. The van der Waals surface area contributed by atoms with Crippen LogP contribution in [0.25, 0.3) is 0 Å². The number of carbonyl (C=O) groups is 2. The van der Waals surface area contributed by atoms with E-state index in [0.717, 1.165) is 0 Å². The van der Waals surface area contributed by atoms with Gasteiger partial charge < -0.3 is 9.59 Å². The van der Waals surface area contributed by atoms with Gasteiger partial charge in [0.2, 0.25) is 0 Å². The molecule has 0 saturated carbocycles. The van der Waals surface area contributed by atoms with Crippen LogP contribution in [0, 0.1) is 5.41 Å². The van der Waals surface area contributed by atoms with Gasteiger partial charge in [0, 0.05) is 0 Å². The molecule has 0 aliphatic heterocycles. The van der Waals surface area contributed by atoms with Crippen molar-refractivity contribution >= 4 is 13.6 Å². The summed E-state index contributed by atoms with van der Waals surface area (Å²) >= 11 is 4.58. The molecule has 0 aromatic carbocycles. The van der Waals surface area contributed by atoms with E-state index < -0.39 is 0 Å². The first-order valence-corrected chi connectivity index (χ1v) is 5.01. The fraction of sp³-hybridized carbons (Fsp3) is 0.500. The van der Waals surface area contributed by atoms with Gasteiger partial charge in [-0.2, -0.15) is 0 Å². The van der Waals surface area contributed by atoms with Crippen LogP contribution in [0.5, 0.6) is 0 Å². The Bertz CT molecular complexity index is 260. The topological polar surface area (TPSA) is 34.1 Å². The van der Waals surface area contributed by atoms with Crippen molar-refractivity contribution in [3.8, 4) is 0 Å². The second-order valence-electron chi connectivity index (χ2n) is 3.79. The van der Waals surface area contributed by atoms with E-state index in [0.29, 0.717) is 0 Å². The van der Waals surface area contributed by atoms with Crippen LogP contribution in [0.4, 0.5) is 0 Å². The van der Waals surface area contributed by atoms with E-state index in [9.17, 15) is 0 Å². The van der Waals surface area contributed by atoms with E-state index in [1.54, 1.807) is 0 Å². The van der Waals surface area contributed by atoms with E-state index in [-0.39, 0.29) is 5.41 Å². The van der Waals surface area contributed by atoms with Crippen molar-refractivity contribution in [2.45, 2.75) is 34.6 Å². The predicted molar refractivity (Wildman–Crippen MR) is 59.1 cm³/mol. The van der Waals surface area contributed by atoms with Gasteiger partial charge in [0.1, 0.15) is 13.6 Å². The third-order valence-corrected chi connectivity index (χ3v) is 3.94. The number of hydrogen-bond acceptors (Lipinski definition) is 2. The summed E-state index contributed by atoms with van der Waals surface area (Å²) in [5.41, 5.74) is 4.40. The summed E-state index contributed by atoms with van der Waals surface area (Å²) in [6.45, 7) is 15.0. The van der Waals surface area contributed by atoms with E-state index in [2.05, 4.69) is 50.4 Å². The van der Waals surface area contributed by atoms with Gasteiger partial charge in [0.15, 0.2) is 0 Å². The summed E-state index contributed by atoms with van der Waals surface area (Å²) in [5.74, 6) is 0. The Morgan fingerprint density at radius 3 is 1.33 bits per heavy atom. The maximum atomic E-state index is 8.00. The summed E-state index contributed by atoms with van der Waals surface area (Å²) in [4.78, 5) is 16.0. The van der Waals surface area contributed by atoms with Gasteiger partial charge in [-0.15, -0.1) is 0 Å². The first-order valence-electron chi connectivity index (χ1n) is 4.49. The van der Waals surface area contributed by atoms with Gasteiger partial charge in [-0.3, -0.25) is 0 Å². The minimum atomic E-state index is 0.175. The second kappa shape index (κ2) is 6.74. The molecule has 2 nitrogen and oxygen atoms in total. The van der Waals surface area contributed by atoms with Gasteiger partial charge in [-0.25, -0.2) is 0 Å². The first-order chi connectivity index (χ1) is 6.89. The van der Waals surface area contributed by atoms with Crippen LogP contribution in [-0.2, 0) is 25.3 Å². The van der Waals surface area contributed by atoms with Crippen molar-refractivity contribution in [3.05, 3.63) is 21.2 Å². The molecule has 15 heavy (non-hydrogen) atoms. The van der Waals surface area contributed by atoms with Crippen LogP contribution in [-0.4, -0.2) is 13.6 Å². The van der Waals surface area contributed by atoms with Gasteiger partial charge >= 0.3 is 77.0 Å². The molecule has 0 N–H and O–H groups in total. The van der Waals surface area contributed by atoms with Crippen molar-refractivity contribution in [1.29, 1.82) is 0 Å². The molecule has 0 heterocycles. The molecular weight excluding hydrogens is 235 g/mol. The minimum absolute atomic E-state index is 0.175. The molecule has 0 aromatic rings. The zero-order valence-electron chi connectivity index (χ0n) is 10.1. The van der Waals surface area contributed by atoms with Crippen molar-refractivity contribution in [2.24, 2.45) is 5.41 Å². The Kier molecular flexibility index (Phi) is 7.53. The fourth-order valence-electron chi connectivity index (χ4n) is 1.53. The number of allylic oxidation sites excluding steroid dienone is 4. The zero-order chi connectivity index (χ0) is 12.8. The molecule has 1 rings (SSSR count). The van der Waals surface area contributed by atoms with E-state index in [1.807, 2.05) is 13.6 Å². The summed E-state index contributed by atoms with van der Waals surface area (Å²) in [6.07, 6.45) is 0. The Morgan fingerprint density at radius 2 is 1.27 bits per heavy atom. The monoisotopic (exact) mass is 254 g/mol. The third kappa shape index (κ3) is 3.14. The molecule has 3 heteroatoms. The van der Waals surface area contributed by atoms with E-state index in [4.69, 9.17) is 9.59 Å². The first kappa shape index (κ1) is 16.7. The maximum absolute atomic E-state index is 8.00. The molecule has 0 atom stereocenters. The summed E-state index contributed by atoms with van der Waals surface area (Å²) in [6, 6.07) is 0. The Labute approximate surface area is 100 Å². The van der Waals surface area contributed by atoms with Crippen LogP contribution in [0.1, 0.15) is 34.6 Å². The van der Waals surface area contributed by atoms with Gasteiger partial charge in [-0.1, -0.05) is 0 Å². The molecule has 0 bridgehead atoms. The Morgan fingerprint density at radius 1 is 0.933 bits per heavy atom. The van der Waals surface area contributed by atoms with Crippen molar-refractivity contribution in [3.63, 3.8) is 0 Å². The van der Waals surface area contributed by atoms with Crippen molar-refractivity contribution in [2.75, 3.05) is 0 Å². The van der Waals surface area contributed by atoms with Crippen molar-refractivity contribution < 1.29 is 25.3 Å². The normalized spacial score (nSPS) is 17.8. The Hall–Kier alpha value is -0.674. The molecule has 0 unspecified atom stereocenters. The van der Waals surface area contributed by atoms with Gasteiger partial charge in [-0.05, 0) is 0 Å². The zero-order valence-corrected chi connectivity index (χ0v) is 11.1. The molecule has 1 aliphatic carbocycles. The molecule has 1 aliphatic rings. The summed E-state index contributed by atoms with van der Waals surface area (Å²) < 4.78 is 1.22. The van der Waals surface area contributed by atoms with Crippen LogP contribution < -0.4 is 0 Å². The third-order valence-electron chi connectivity index (χ3n) is 2.90. The average Bonchev–Trinajstić information content (AvgIpc) is 2.40. The van der Waals surface area contributed by atoms with Gasteiger partial charge in [0.25, 0.3) is 0 Å². The molecule has 0 radical (unpaired) electrons. The quantitative estimate of drug-likeness (QED) is 0.666. The van der Waals surface area contributed by atoms with E-state index >= 15 is 0 Å². The van der Waals surface area contributed by atoms with Crippen molar-refractivity contribution in [1.82, 2.24) is 0 Å². The summed E-state index contributed by atoms with van der Waals surface area (Å²) in [5, 5.41) is 0. The molecule has 88 valence electrons. The molecule has 0 fully saturated rings. The molecule has 0 saturated heterocycles. The predicted octanol–water partition coefficient (Wildman–Crippen LogP) is 2.81. The molecule has 0 amide bonds. The standard InChI is InChI=1S/C10H15.2CH2O.Co/c1-7-6-10(4,5)9(3)8(7)2;2*1-2;/h1-5H3;2*1H2;. The number of hydrogen-bond donors (Lipinski definition) is 0. The SMILES string of the molecule is C=O.C=O.CC1=C(C)C(C)(C)[C]([Co])=C1C. The van der Waals surface area contributed by atoms with Crippen LogP contribution in [0.3, 0.4) is 0 Å². The van der Waals surface area contributed by atoms with Crippen LogP contribution in [0.2, 0.25) is 0 Å². The number of carbonyl (C=O) groups excluding carboxylic acids is 2. The van der Waals surface area contributed by atoms with Gasteiger partial charge in [0.05, 0.1) is 0 Å². The average molecular weight is 254 g/mol. The second-order valence-corrected chi connectivity index (χ2v) is 4.31. The van der Waals surface area contributed by atoms with E-state index in [1.165, 1.54) is 21.2 Å². The molecular formula is C12H19CoO2. The number of rotatable bonds is 0. The van der Waals surface area contributed by atoms with Crippen LogP contribution in [0.15, 0.2) is 21.2 Å². The van der Waals surface area contributed by atoms with Crippen LogP contribution >= 0.6 is 0 Å². The fourth-order valence-corrected chi connectivity index (χ4v) is 1.92.